The number of hydrogen-bond acceptors (Lipinski definition) is 3. The standard InChI is InChI=1S/C14H21F3N2O2S.ClH/c1-13(2,9-18)10-19(3)22(20,21)8-11-5-4-6-12(7-11)14(15,16)17;/h4-7H,8-10,18H2,1-3H3;1H. The van der Waals surface area contributed by atoms with Crippen molar-refractivity contribution in [2.75, 3.05) is 20.1 Å². The maximum Gasteiger partial charge on any atom is 0.416 e. The second-order valence-corrected chi connectivity index (χ2v) is 8.15. The van der Waals surface area contributed by atoms with Gasteiger partial charge in [0.25, 0.3) is 0 Å². The lowest BCUT2D eigenvalue weighted by Gasteiger charge is -2.28. The van der Waals surface area contributed by atoms with Crippen LogP contribution in [0.15, 0.2) is 24.3 Å². The van der Waals surface area contributed by atoms with E-state index in [0.29, 0.717) is 6.54 Å². The van der Waals surface area contributed by atoms with E-state index in [4.69, 9.17) is 5.73 Å². The Hall–Kier alpha value is -0.830. The van der Waals surface area contributed by atoms with E-state index in [0.717, 1.165) is 16.4 Å². The van der Waals surface area contributed by atoms with Gasteiger partial charge in [-0.15, -0.1) is 12.4 Å². The smallest absolute Gasteiger partial charge is 0.330 e. The summed E-state index contributed by atoms with van der Waals surface area (Å²) in [6.45, 7) is 4.15. The topological polar surface area (TPSA) is 63.4 Å². The van der Waals surface area contributed by atoms with Crippen LogP contribution in [-0.4, -0.2) is 32.9 Å². The van der Waals surface area contributed by atoms with Crippen molar-refractivity contribution in [3.63, 3.8) is 0 Å². The molecule has 1 aromatic rings. The van der Waals surface area contributed by atoms with Crippen molar-refractivity contribution in [1.29, 1.82) is 0 Å². The molecule has 0 saturated carbocycles. The molecule has 1 rings (SSSR count). The van der Waals surface area contributed by atoms with E-state index in [1.807, 2.05) is 13.8 Å². The minimum absolute atomic E-state index is 0. The van der Waals surface area contributed by atoms with Crippen LogP contribution in [0.1, 0.15) is 25.0 Å². The Balaban J connectivity index is 0.00000484. The number of nitrogens with two attached hydrogens (primary N) is 1. The number of rotatable bonds is 6. The van der Waals surface area contributed by atoms with Crippen LogP contribution in [0.3, 0.4) is 0 Å². The van der Waals surface area contributed by atoms with Crippen molar-refractivity contribution in [3.05, 3.63) is 35.4 Å². The fraction of sp³-hybridized carbons (Fsp3) is 0.571. The van der Waals surface area contributed by atoms with Crippen LogP contribution in [0.5, 0.6) is 0 Å². The van der Waals surface area contributed by atoms with Crippen LogP contribution < -0.4 is 5.73 Å². The van der Waals surface area contributed by atoms with Gasteiger partial charge >= 0.3 is 6.18 Å². The highest BCUT2D eigenvalue weighted by molar-refractivity contribution is 7.88. The predicted octanol–water partition coefficient (Wildman–Crippen LogP) is 2.87. The molecule has 134 valence electrons. The summed E-state index contributed by atoms with van der Waals surface area (Å²) >= 11 is 0. The third kappa shape index (κ3) is 6.66. The normalized spacial score (nSPS) is 13.0. The first kappa shape index (κ1) is 22.2. The molecule has 0 atom stereocenters. The Morgan fingerprint density at radius 3 is 2.26 bits per heavy atom. The van der Waals surface area contributed by atoms with Crippen molar-refractivity contribution in [2.45, 2.75) is 25.8 Å². The van der Waals surface area contributed by atoms with Gasteiger partial charge in [-0.1, -0.05) is 32.0 Å². The third-order valence-electron chi connectivity index (χ3n) is 3.28. The first-order chi connectivity index (χ1) is 9.87. The molecule has 0 unspecified atom stereocenters. The Morgan fingerprint density at radius 1 is 1.22 bits per heavy atom. The Morgan fingerprint density at radius 2 is 1.78 bits per heavy atom. The molecule has 23 heavy (non-hydrogen) atoms. The molecular weight excluding hydrogens is 353 g/mol. The van der Waals surface area contributed by atoms with Crippen molar-refractivity contribution >= 4 is 22.4 Å². The molecule has 0 saturated heterocycles. The fourth-order valence-electron chi connectivity index (χ4n) is 1.92. The number of benzene rings is 1. The van der Waals surface area contributed by atoms with E-state index in [2.05, 4.69) is 0 Å². The monoisotopic (exact) mass is 374 g/mol. The minimum atomic E-state index is -4.49. The Bertz CT molecular complexity index is 619. The lowest BCUT2D eigenvalue weighted by Crippen LogP contribution is -2.40. The van der Waals surface area contributed by atoms with E-state index in [1.54, 1.807) is 0 Å². The summed E-state index contributed by atoms with van der Waals surface area (Å²) in [5.41, 5.74) is 4.41. The van der Waals surface area contributed by atoms with Crippen LogP contribution in [0.4, 0.5) is 13.2 Å². The second kappa shape index (κ2) is 7.83. The summed E-state index contributed by atoms with van der Waals surface area (Å²) in [7, 11) is -2.31. The quantitative estimate of drug-likeness (QED) is 0.832. The molecule has 0 amide bonds. The maximum absolute atomic E-state index is 12.7. The first-order valence-electron chi connectivity index (χ1n) is 6.68. The van der Waals surface area contributed by atoms with Gasteiger partial charge in [-0.25, -0.2) is 12.7 Å². The lowest BCUT2D eigenvalue weighted by atomic mass is 9.94. The van der Waals surface area contributed by atoms with Gasteiger partial charge < -0.3 is 5.73 Å². The molecule has 0 bridgehead atoms. The molecule has 4 nitrogen and oxygen atoms in total. The highest BCUT2D eigenvalue weighted by Gasteiger charge is 2.31. The molecule has 1 aromatic carbocycles. The first-order valence-corrected chi connectivity index (χ1v) is 8.28. The van der Waals surface area contributed by atoms with Gasteiger partial charge in [-0.2, -0.15) is 13.2 Å². The van der Waals surface area contributed by atoms with E-state index >= 15 is 0 Å². The van der Waals surface area contributed by atoms with Gasteiger partial charge in [0.15, 0.2) is 0 Å². The fourth-order valence-corrected chi connectivity index (χ4v) is 3.29. The van der Waals surface area contributed by atoms with Gasteiger partial charge in [0, 0.05) is 13.6 Å². The van der Waals surface area contributed by atoms with Gasteiger partial charge in [0.05, 0.1) is 11.3 Å². The predicted molar refractivity (Wildman–Crippen MR) is 86.8 cm³/mol. The maximum atomic E-state index is 12.7. The molecule has 0 aromatic heterocycles. The van der Waals surface area contributed by atoms with Crippen LogP contribution in [0.25, 0.3) is 0 Å². The third-order valence-corrected chi connectivity index (χ3v) is 5.06. The SMILES string of the molecule is CN(CC(C)(C)CN)S(=O)(=O)Cc1cccc(C(F)(F)F)c1.Cl. The van der Waals surface area contributed by atoms with Crippen molar-refractivity contribution in [2.24, 2.45) is 11.1 Å². The number of sulfonamides is 1. The minimum Gasteiger partial charge on any atom is -0.330 e. The number of hydrogen-bond donors (Lipinski definition) is 1. The summed E-state index contributed by atoms with van der Waals surface area (Å²) in [4.78, 5) is 0. The van der Waals surface area contributed by atoms with E-state index in [-0.39, 0.29) is 24.5 Å². The highest BCUT2D eigenvalue weighted by atomic mass is 35.5. The summed E-state index contributed by atoms with van der Waals surface area (Å²) in [5, 5.41) is 0. The molecule has 0 aliphatic heterocycles. The summed E-state index contributed by atoms with van der Waals surface area (Å²) < 4.78 is 63.6. The summed E-state index contributed by atoms with van der Waals surface area (Å²) in [5.74, 6) is -0.478. The molecule has 9 heteroatoms. The zero-order valence-electron chi connectivity index (χ0n) is 13.2. The van der Waals surface area contributed by atoms with Crippen molar-refractivity contribution in [3.8, 4) is 0 Å². The zero-order chi connectivity index (χ0) is 17.2. The molecule has 0 radical (unpaired) electrons. The molecule has 0 heterocycles. The molecule has 0 fully saturated rings. The number of nitrogens with zero attached hydrogens (tertiary/aromatic N) is 1. The summed E-state index contributed by atoms with van der Waals surface area (Å²) in [6.07, 6.45) is -4.49. The number of halogens is 4. The number of alkyl halides is 3. The van der Waals surface area contributed by atoms with Gasteiger partial charge in [-0.3, -0.25) is 0 Å². The van der Waals surface area contributed by atoms with Crippen LogP contribution in [0.2, 0.25) is 0 Å². The highest BCUT2D eigenvalue weighted by Crippen LogP contribution is 2.30. The molecule has 0 aliphatic carbocycles. The Labute approximate surface area is 141 Å². The zero-order valence-corrected chi connectivity index (χ0v) is 14.9. The summed E-state index contributed by atoms with van der Waals surface area (Å²) in [6, 6.07) is 4.35. The van der Waals surface area contributed by atoms with Crippen molar-refractivity contribution in [1.82, 2.24) is 4.31 Å². The van der Waals surface area contributed by atoms with Crippen LogP contribution in [0, 0.1) is 5.41 Å². The van der Waals surface area contributed by atoms with E-state index < -0.39 is 32.9 Å². The molecule has 2 N–H and O–H groups in total. The molecule has 0 spiro atoms. The second-order valence-electron chi connectivity index (χ2n) is 6.08. The average Bonchev–Trinajstić information content (AvgIpc) is 2.37. The van der Waals surface area contributed by atoms with Gasteiger partial charge in [0.1, 0.15) is 0 Å². The largest absolute Gasteiger partial charge is 0.416 e. The molecule has 0 aliphatic rings. The van der Waals surface area contributed by atoms with E-state index in [9.17, 15) is 21.6 Å². The van der Waals surface area contributed by atoms with Crippen LogP contribution >= 0.6 is 12.4 Å². The average molecular weight is 375 g/mol. The van der Waals surface area contributed by atoms with Crippen molar-refractivity contribution < 1.29 is 21.6 Å². The Kier molecular flexibility index (Phi) is 7.55. The molecular formula is C14H22ClF3N2O2S. The van der Waals surface area contributed by atoms with Gasteiger partial charge in [-0.05, 0) is 23.6 Å². The van der Waals surface area contributed by atoms with Gasteiger partial charge in [0.2, 0.25) is 10.0 Å². The lowest BCUT2D eigenvalue weighted by molar-refractivity contribution is -0.137. The van der Waals surface area contributed by atoms with E-state index in [1.165, 1.54) is 19.2 Å². The van der Waals surface area contributed by atoms with Crippen LogP contribution in [-0.2, 0) is 22.0 Å².